The summed E-state index contributed by atoms with van der Waals surface area (Å²) in [6, 6.07) is -9.15. The minimum absolute atomic E-state index is 0.00103. The molecule has 19 atom stereocenters. The van der Waals surface area contributed by atoms with E-state index in [1.54, 1.807) is 0 Å². The van der Waals surface area contributed by atoms with Gasteiger partial charge in [0.1, 0.15) is 97.2 Å². The van der Waals surface area contributed by atoms with Gasteiger partial charge in [-0.1, -0.05) is 0 Å². The summed E-state index contributed by atoms with van der Waals surface area (Å²) in [5.41, 5.74) is 5.35. The smallest absolute Gasteiger partial charge is 0.327 e. The zero-order valence-electron chi connectivity index (χ0n) is 63.3. The number of aromatic nitrogens is 4. The van der Waals surface area contributed by atoms with Crippen LogP contribution >= 0.6 is 12.6 Å². The maximum atomic E-state index is 14.7. The molecule has 0 aliphatic carbocycles. The Labute approximate surface area is 673 Å². The number of amides is 10. The standard InChI is InChI=1S/C67H102N16O34S/c1-67(2,118)55(65(116)117)81-62(112)32(9-15-44(95)72-23-38(89)51(103)54(106)41(92)26-86)77-61(111)34(12-18-47(99)100)79-59(109)31(8-14-43(94)71-22-37(88)50(102)53(105)40(91)25-85)76-60(110)33(11-17-46(97)98)78-58(108)30(7-13-42(93)70-21-36(87)49(101)52(104)39(90)24-84)75-45(96)16-10-35(64(114)115)80-57(107)27-3-5-28(6-4-27)69-19-29-20-73-56-48(74-29)63(113)83-66(68)82-56/h3-6,20,30-41,49-55,69,84-92,101-106,118H,7-19,21-26H2,1-2H3,(H,70,93)(H,71,94)(H,72,95)(H,75,96)(H,76,110)(H,77,111)(H,78,108)(H,79,109)(H,80,107)(H,81,112)(H,97,98)(H,99,100)(H,114,115)(H,116,117)(H3,68,73,82,83,113)/t30-,31-,32-,33-,34-,35-,36-,37-,38-,39+,40+,41+,49+,50+,51+,52+,53+,54+,55+/m0/s1. The normalized spacial score (nSPS) is 16.4. The number of nitrogens with two attached hydrogens (primary N) is 1. The fraction of sp³-hybridized carbons (Fsp3) is 0.612. The van der Waals surface area contributed by atoms with E-state index in [4.69, 9.17) is 10.8 Å². The van der Waals surface area contributed by atoms with E-state index in [1.165, 1.54) is 44.3 Å². The van der Waals surface area contributed by atoms with E-state index >= 15 is 0 Å². The van der Waals surface area contributed by atoms with Crippen molar-refractivity contribution >= 4 is 118 Å². The molecule has 51 heteroatoms. The fourth-order valence-corrected chi connectivity index (χ4v) is 10.8. The van der Waals surface area contributed by atoms with Crippen LogP contribution in [0.15, 0.2) is 35.3 Å². The van der Waals surface area contributed by atoms with Crippen molar-refractivity contribution in [1.82, 2.24) is 73.1 Å². The largest absolute Gasteiger partial charge is 0.481 e. The second-order valence-electron chi connectivity index (χ2n) is 27.4. The number of hydrogen-bond donors (Lipinski definition) is 33. The van der Waals surface area contributed by atoms with E-state index in [-0.39, 0.29) is 34.9 Å². The molecule has 118 heavy (non-hydrogen) atoms. The highest BCUT2D eigenvalue weighted by molar-refractivity contribution is 7.81. The molecule has 0 aliphatic rings. The number of anilines is 2. The molecule has 0 saturated heterocycles. The fourth-order valence-electron chi connectivity index (χ4n) is 10.6. The summed E-state index contributed by atoms with van der Waals surface area (Å²) in [7, 11) is 0. The number of hydrogen-bond acceptors (Lipinski definition) is 36. The number of aliphatic hydroxyl groups is 15. The highest BCUT2D eigenvalue weighted by Crippen LogP contribution is 2.20. The molecule has 2 heterocycles. The number of nitrogens with one attached hydrogen (secondary N) is 12. The average molecular weight is 1710 g/mol. The summed E-state index contributed by atoms with van der Waals surface area (Å²) in [5.74, 6) is -20.0. The maximum Gasteiger partial charge on any atom is 0.327 e. The predicted octanol–water partition coefficient (Wildman–Crippen LogP) is -13.7. The Morgan fingerprint density at radius 1 is 0.441 bits per heavy atom. The van der Waals surface area contributed by atoms with Crippen LogP contribution in [0.1, 0.15) is 107 Å². The first-order valence-electron chi connectivity index (χ1n) is 36.1. The van der Waals surface area contributed by atoms with Crippen molar-refractivity contribution in [1.29, 1.82) is 0 Å². The summed E-state index contributed by atoms with van der Waals surface area (Å²) < 4.78 is -1.59. The number of carboxylic acids is 4. The van der Waals surface area contributed by atoms with Gasteiger partial charge in [-0.05, 0) is 76.6 Å². The molecular weight excluding hydrogens is 1600 g/mol. The van der Waals surface area contributed by atoms with Gasteiger partial charge in [0.15, 0.2) is 11.2 Å². The maximum absolute atomic E-state index is 14.7. The molecule has 33 N–H and O–H groups in total. The number of carbonyl (C=O) groups excluding carboxylic acids is 10. The molecule has 0 fully saturated rings. The number of nitrogen functional groups attached to an aromatic ring is 1. The van der Waals surface area contributed by atoms with Crippen molar-refractivity contribution < 1.29 is 164 Å². The van der Waals surface area contributed by atoms with E-state index in [2.05, 4.69) is 91.0 Å². The molecule has 0 radical (unpaired) electrons. The Hall–Kier alpha value is -10.6. The van der Waals surface area contributed by atoms with Gasteiger partial charge in [0, 0.05) is 74.2 Å². The molecule has 0 saturated carbocycles. The van der Waals surface area contributed by atoms with Crippen molar-refractivity contribution in [2.45, 2.75) is 218 Å². The molecule has 3 aromatic rings. The molecule has 1 aromatic carbocycles. The topological polar surface area (TPSA) is 853 Å². The number of aliphatic carboxylic acids is 4. The second kappa shape index (κ2) is 49.6. The summed E-state index contributed by atoms with van der Waals surface area (Å²) in [4.78, 5) is 215. The third-order valence-electron chi connectivity index (χ3n) is 17.6. The number of aromatic amines is 1. The van der Waals surface area contributed by atoms with Crippen molar-refractivity contribution in [3.8, 4) is 0 Å². The number of rotatable bonds is 55. The number of fused-ring (bicyclic) bond motifs is 1. The zero-order valence-corrected chi connectivity index (χ0v) is 64.2. The van der Waals surface area contributed by atoms with Crippen LogP contribution in [0.5, 0.6) is 0 Å². The summed E-state index contributed by atoms with van der Waals surface area (Å²) >= 11 is 4.20. The number of nitrogens with zero attached hydrogens (tertiary/aromatic N) is 3. The Morgan fingerprint density at radius 2 is 0.780 bits per heavy atom. The predicted molar refractivity (Wildman–Crippen MR) is 400 cm³/mol. The minimum Gasteiger partial charge on any atom is -0.481 e. The van der Waals surface area contributed by atoms with Crippen LogP contribution in [0.4, 0.5) is 11.6 Å². The lowest BCUT2D eigenvalue weighted by atomic mass is 10.0. The Kier molecular flexibility index (Phi) is 42.7. The van der Waals surface area contributed by atoms with Gasteiger partial charge in [-0.15, -0.1) is 0 Å². The number of carbonyl (C=O) groups is 14. The second-order valence-corrected chi connectivity index (χ2v) is 28.6. The van der Waals surface area contributed by atoms with Crippen molar-refractivity contribution in [3.05, 3.63) is 52.1 Å². The first-order chi connectivity index (χ1) is 55.2. The molecule has 50 nitrogen and oxygen atoms in total. The summed E-state index contributed by atoms with van der Waals surface area (Å²) in [5, 5.41) is 213. The third-order valence-corrected chi connectivity index (χ3v) is 17.8. The van der Waals surface area contributed by atoms with E-state index in [1.807, 2.05) is 0 Å². The SMILES string of the molecule is CC(C)(S)[C@H](NC(=O)[C@H](CCC(=O)NC[C@H](O)[C@@H](O)[C@H](O)[C@H](O)CO)NC(=O)[C@H](CCC(=O)O)NC(=O)[C@H](CCC(=O)NC[C@H](O)[C@@H](O)[C@H](O)[C@H](O)CO)NC(=O)[C@H](CCC(=O)O)NC(=O)[C@H](CCC(=O)NC[C@H](O)[C@@H](O)[C@H](O)[C@H](O)CO)NC(=O)CC[C@H](NC(=O)c1ccc(NCc2cnc3nc(N)[nH]c(=O)c3n2)cc1)C(=O)O)C(=O)O. The lowest BCUT2D eigenvalue weighted by Gasteiger charge is -2.30. The van der Waals surface area contributed by atoms with E-state index in [0.29, 0.717) is 5.69 Å². The summed E-state index contributed by atoms with van der Waals surface area (Å²) in [6.07, 6.45) is -34.9. The van der Waals surface area contributed by atoms with Crippen LogP contribution in [0.3, 0.4) is 0 Å². The van der Waals surface area contributed by atoms with Crippen molar-refractivity contribution in [2.75, 3.05) is 50.5 Å². The van der Waals surface area contributed by atoms with E-state index in [9.17, 15) is 164 Å². The highest BCUT2D eigenvalue weighted by atomic mass is 32.1. The van der Waals surface area contributed by atoms with Gasteiger partial charge in [0.25, 0.3) is 11.5 Å². The summed E-state index contributed by atoms with van der Waals surface area (Å²) in [6.45, 7) is -3.50. The van der Waals surface area contributed by atoms with Gasteiger partial charge in [-0.25, -0.2) is 19.6 Å². The lowest BCUT2D eigenvalue weighted by Crippen LogP contribution is -2.60. The van der Waals surface area contributed by atoms with Crippen LogP contribution in [-0.2, 0) is 68.9 Å². The number of carboxylic acid groups (broad SMARTS) is 4. The number of benzene rings is 1. The Bertz CT molecular complexity index is 3960. The van der Waals surface area contributed by atoms with Gasteiger partial charge in [0.2, 0.25) is 59.1 Å². The van der Waals surface area contributed by atoms with Crippen molar-refractivity contribution in [2.24, 2.45) is 0 Å². The van der Waals surface area contributed by atoms with Gasteiger partial charge in [0.05, 0.1) is 56.6 Å². The number of aliphatic hydroxyl groups excluding tert-OH is 15. The van der Waals surface area contributed by atoms with Crippen molar-refractivity contribution in [3.63, 3.8) is 0 Å². The number of H-pyrrole nitrogens is 1. The first-order valence-corrected chi connectivity index (χ1v) is 36.6. The van der Waals surface area contributed by atoms with Crippen LogP contribution in [0, 0.1) is 0 Å². The van der Waals surface area contributed by atoms with E-state index in [0.717, 1.165) is 0 Å². The third kappa shape index (κ3) is 34.5. The molecule has 3 rings (SSSR count). The zero-order chi connectivity index (χ0) is 89.2. The first kappa shape index (κ1) is 102. The Morgan fingerprint density at radius 3 is 1.13 bits per heavy atom. The van der Waals surface area contributed by atoms with Crippen LogP contribution in [0.25, 0.3) is 11.2 Å². The molecule has 10 amide bonds. The average Bonchev–Trinajstić information content (AvgIpc) is 0.810. The van der Waals surface area contributed by atoms with Gasteiger partial charge >= 0.3 is 23.9 Å². The molecule has 660 valence electrons. The lowest BCUT2D eigenvalue weighted by molar-refractivity contribution is -0.143. The van der Waals surface area contributed by atoms with Crippen LogP contribution in [0.2, 0.25) is 0 Å². The minimum atomic E-state index is -2.25. The highest BCUT2D eigenvalue weighted by Gasteiger charge is 2.40. The van der Waals surface area contributed by atoms with E-state index < -0.39 is 325 Å². The van der Waals surface area contributed by atoms with Crippen LogP contribution in [-0.4, -0.2) is 360 Å². The van der Waals surface area contributed by atoms with Gasteiger partial charge in [-0.3, -0.25) is 67.3 Å². The molecule has 0 spiro atoms. The molecule has 0 aliphatic heterocycles. The monoisotopic (exact) mass is 1710 g/mol. The van der Waals surface area contributed by atoms with Gasteiger partial charge < -0.3 is 161 Å². The van der Waals surface area contributed by atoms with Crippen LogP contribution < -0.4 is 69.8 Å². The molecule has 2 aromatic heterocycles. The quantitative estimate of drug-likeness (QED) is 0.0233. The number of thiol groups is 1. The molecular formula is C67H102N16O34S. The molecule has 0 unspecified atom stereocenters. The van der Waals surface area contributed by atoms with Gasteiger partial charge in [-0.2, -0.15) is 17.6 Å². The Balaban J connectivity index is 2.08. The molecule has 0 bridgehead atoms.